The van der Waals surface area contributed by atoms with E-state index in [1.807, 2.05) is 30.3 Å². The highest BCUT2D eigenvalue weighted by atomic mass is 19.4. The summed E-state index contributed by atoms with van der Waals surface area (Å²) in [6.07, 6.45) is -8.75. The van der Waals surface area contributed by atoms with Crippen LogP contribution in [0.2, 0.25) is 0 Å². The van der Waals surface area contributed by atoms with Crippen LogP contribution in [-0.4, -0.2) is 29.8 Å². The molecule has 3 rings (SSSR count). The Morgan fingerprint density at radius 1 is 0.794 bits per heavy atom. The van der Waals surface area contributed by atoms with Crippen molar-refractivity contribution >= 4 is 0 Å². The summed E-state index contributed by atoms with van der Waals surface area (Å²) >= 11 is 0. The summed E-state index contributed by atoms with van der Waals surface area (Å²) in [5, 5.41) is 0. The van der Waals surface area contributed by atoms with Gasteiger partial charge in [-0.1, -0.05) is 54.6 Å². The number of hydrogen-bond acceptors (Lipinski definition) is 1. The van der Waals surface area contributed by atoms with Gasteiger partial charge in [0.15, 0.2) is 0 Å². The maximum atomic E-state index is 13.4. The van der Waals surface area contributed by atoms with Crippen molar-refractivity contribution in [3.63, 3.8) is 0 Å². The van der Waals surface area contributed by atoms with E-state index in [9.17, 15) is 26.3 Å². The third kappa shape index (κ3) is 7.24. The lowest BCUT2D eigenvalue weighted by Crippen LogP contribution is -2.42. The fraction of sp³-hybridized carbons (Fsp3) is 0.556. The van der Waals surface area contributed by atoms with Crippen LogP contribution in [0.15, 0.2) is 54.6 Å². The Kier molecular flexibility index (Phi) is 8.72. The third-order valence-electron chi connectivity index (χ3n) is 7.01. The normalized spacial score (nSPS) is 21.9. The van der Waals surface area contributed by atoms with Crippen molar-refractivity contribution in [3.8, 4) is 0 Å². The predicted molar refractivity (Wildman–Crippen MR) is 122 cm³/mol. The second-order valence-corrected chi connectivity index (χ2v) is 9.70. The van der Waals surface area contributed by atoms with E-state index in [0.717, 1.165) is 31.5 Å². The van der Waals surface area contributed by atoms with E-state index in [4.69, 9.17) is 0 Å². The van der Waals surface area contributed by atoms with Crippen LogP contribution in [0.1, 0.15) is 62.1 Å². The van der Waals surface area contributed by atoms with Gasteiger partial charge < -0.3 is 0 Å². The predicted octanol–water partition coefficient (Wildman–Crippen LogP) is 8.15. The molecular formula is C27H33F6N. The maximum absolute atomic E-state index is 13.4. The molecule has 1 aliphatic carbocycles. The van der Waals surface area contributed by atoms with Crippen LogP contribution >= 0.6 is 0 Å². The molecule has 0 bridgehead atoms. The van der Waals surface area contributed by atoms with Crippen molar-refractivity contribution in [2.75, 3.05) is 6.54 Å². The monoisotopic (exact) mass is 485 g/mol. The van der Waals surface area contributed by atoms with Crippen LogP contribution in [0, 0.1) is 11.8 Å². The molecule has 188 valence electrons. The highest BCUT2D eigenvalue weighted by Gasteiger charge is 2.56. The average molecular weight is 486 g/mol. The number of hydrogen-bond donors (Lipinski definition) is 0. The Hall–Kier alpha value is -2.02. The second-order valence-electron chi connectivity index (χ2n) is 9.70. The first-order valence-corrected chi connectivity index (χ1v) is 12.0. The van der Waals surface area contributed by atoms with Crippen LogP contribution in [0.3, 0.4) is 0 Å². The van der Waals surface area contributed by atoms with E-state index < -0.39 is 42.9 Å². The van der Waals surface area contributed by atoms with Gasteiger partial charge in [0.25, 0.3) is 0 Å². The van der Waals surface area contributed by atoms with Gasteiger partial charge in [-0.05, 0) is 75.1 Å². The molecule has 0 amide bonds. The number of halogens is 6. The van der Waals surface area contributed by atoms with E-state index in [1.165, 1.54) is 5.56 Å². The van der Waals surface area contributed by atoms with Gasteiger partial charge in [0.1, 0.15) is 0 Å². The van der Waals surface area contributed by atoms with E-state index in [0.29, 0.717) is 11.6 Å². The van der Waals surface area contributed by atoms with Crippen LogP contribution < -0.4 is 0 Å². The molecule has 34 heavy (non-hydrogen) atoms. The molecule has 0 aromatic heterocycles. The van der Waals surface area contributed by atoms with Crippen molar-refractivity contribution in [2.45, 2.75) is 76.8 Å². The summed E-state index contributed by atoms with van der Waals surface area (Å²) in [5.41, 5.74) is 3.05. The molecule has 1 saturated carbocycles. The quantitative estimate of drug-likeness (QED) is 0.341. The molecule has 3 atom stereocenters. The standard InChI is InChI=1S/C27H33F6N/c1-19(2)34(18-21-7-4-3-5-8-21)16-6-9-20-10-12-22(13-11-20)23-14-15-24(26(28,29)30)25(17-23)27(31,32)33/h3-5,7-8,10-13,19,23-25H,6,9,14-18H2,1-2H3. The molecule has 1 nitrogen and oxygen atoms in total. The molecule has 1 fully saturated rings. The lowest BCUT2D eigenvalue weighted by molar-refractivity contribution is -0.263. The lowest BCUT2D eigenvalue weighted by atomic mass is 9.71. The van der Waals surface area contributed by atoms with Gasteiger partial charge in [-0.15, -0.1) is 0 Å². The van der Waals surface area contributed by atoms with Gasteiger partial charge in [0.2, 0.25) is 0 Å². The van der Waals surface area contributed by atoms with Crippen LogP contribution in [-0.2, 0) is 13.0 Å². The van der Waals surface area contributed by atoms with Crippen molar-refractivity contribution < 1.29 is 26.3 Å². The highest BCUT2D eigenvalue weighted by molar-refractivity contribution is 5.26. The number of rotatable bonds is 8. The molecule has 0 heterocycles. The Morgan fingerprint density at radius 3 is 1.97 bits per heavy atom. The Labute approximate surface area is 198 Å². The van der Waals surface area contributed by atoms with Gasteiger partial charge in [-0.25, -0.2) is 0 Å². The van der Waals surface area contributed by atoms with Crippen molar-refractivity contribution in [3.05, 3.63) is 71.3 Å². The number of aryl methyl sites for hydroxylation is 1. The zero-order chi connectivity index (χ0) is 24.9. The van der Waals surface area contributed by atoms with E-state index in [-0.39, 0.29) is 6.42 Å². The summed E-state index contributed by atoms with van der Waals surface area (Å²) in [6.45, 7) is 6.13. The minimum atomic E-state index is -4.85. The van der Waals surface area contributed by atoms with Gasteiger partial charge in [-0.2, -0.15) is 26.3 Å². The zero-order valence-electron chi connectivity index (χ0n) is 19.7. The van der Waals surface area contributed by atoms with Crippen LogP contribution in [0.4, 0.5) is 26.3 Å². The molecule has 3 unspecified atom stereocenters. The molecule has 0 saturated heterocycles. The third-order valence-corrected chi connectivity index (χ3v) is 7.01. The van der Waals surface area contributed by atoms with Crippen LogP contribution in [0.5, 0.6) is 0 Å². The first-order valence-electron chi connectivity index (χ1n) is 12.0. The fourth-order valence-electron chi connectivity index (χ4n) is 5.01. The summed E-state index contributed by atoms with van der Waals surface area (Å²) in [7, 11) is 0. The SMILES string of the molecule is CC(C)N(CCCc1ccc(C2CCC(C(F)(F)F)C(C(F)(F)F)C2)cc1)Cc1ccccc1. The van der Waals surface area contributed by atoms with E-state index in [1.54, 1.807) is 12.1 Å². The topological polar surface area (TPSA) is 3.24 Å². The van der Waals surface area contributed by atoms with E-state index in [2.05, 4.69) is 30.9 Å². The Morgan fingerprint density at radius 2 is 1.41 bits per heavy atom. The van der Waals surface area contributed by atoms with Gasteiger partial charge in [0, 0.05) is 12.6 Å². The summed E-state index contributed by atoms with van der Waals surface area (Å²) in [5.74, 6) is -5.14. The van der Waals surface area contributed by atoms with Gasteiger partial charge >= 0.3 is 12.4 Å². The number of benzene rings is 2. The summed E-state index contributed by atoms with van der Waals surface area (Å²) < 4.78 is 79.6. The van der Waals surface area contributed by atoms with Crippen LogP contribution in [0.25, 0.3) is 0 Å². The minimum Gasteiger partial charge on any atom is -0.297 e. The maximum Gasteiger partial charge on any atom is 0.392 e. The van der Waals surface area contributed by atoms with Crippen molar-refractivity contribution in [1.29, 1.82) is 0 Å². The molecule has 2 aromatic rings. The highest BCUT2D eigenvalue weighted by Crippen LogP contribution is 2.52. The van der Waals surface area contributed by atoms with Gasteiger partial charge in [-0.3, -0.25) is 4.90 Å². The summed E-state index contributed by atoms with van der Waals surface area (Å²) in [6, 6.07) is 18.1. The smallest absolute Gasteiger partial charge is 0.297 e. The lowest BCUT2D eigenvalue weighted by Gasteiger charge is -2.38. The number of alkyl halides is 6. The molecule has 1 aliphatic rings. The first-order chi connectivity index (χ1) is 15.9. The molecule has 0 radical (unpaired) electrons. The molecule has 0 aliphatic heterocycles. The average Bonchev–Trinajstić information content (AvgIpc) is 2.78. The zero-order valence-corrected chi connectivity index (χ0v) is 19.7. The van der Waals surface area contributed by atoms with Crippen molar-refractivity contribution in [2.24, 2.45) is 11.8 Å². The Bertz CT molecular complexity index is 873. The fourth-order valence-corrected chi connectivity index (χ4v) is 5.01. The molecule has 2 aromatic carbocycles. The largest absolute Gasteiger partial charge is 0.392 e. The number of nitrogens with zero attached hydrogens (tertiary/aromatic N) is 1. The second kappa shape index (κ2) is 11.1. The molecule has 0 N–H and O–H groups in total. The van der Waals surface area contributed by atoms with Crippen molar-refractivity contribution in [1.82, 2.24) is 4.90 Å². The molecule has 0 spiro atoms. The van der Waals surface area contributed by atoms with E-state index >= 15 is 0 Å². The minimum absolute atomic E-state index is 0.124. The molecular weight excluding hydrogens is 452 g/mol. The summed E-state index contributed by atoms with van der Waals surface area (Å²) in [4.78, 5) is 2.40. The first kappa shape index (κ1) is 26.6. The Balaban J connectivity index is 1.56. The van der Waals surface area contributed by atoms with Gasteiger partial charge in [0.05, 0.1) is 11.8 Å². The molecule has 7 heteroatoms.